The number of hydrogen-bond donors (Lipinski definition) is 1. The molecule has 0 saturated carbocycles. The fourth-order valence-electron chi connectivity index (χ4n) is 1.31. The summed E-state index contributed by atoms with van der Waals surface area (Å²) in [5.41, 5.74) is 7.13. The van der Waals surface area contributed by atoms with Crippen LogP contribution in [0.25, 0.3) is 11.3 Å². The number of nitrogens with zero attached hydrogens (tertiary/aromatic N) is 2. The van der Waals surface area contributed by atoms with Crippen LogP contribution < -0.4 is 5.73 Å². The van der Waals surface area contributed by atoms with Crippen molar-refractivity contribution in [3.63, 3.8) is 0 Å². The van der Waals surface area contributed by atoms with Gasteiger partial charge < -0.3 is 5.73 Å². The lowest BCUT2D eigenvalue weighted by Gasteiger charge is -2.00. The largest absolute Gasteiger partial charge is 0.384 e. The molecule has 2 N–H and O–H groups in total. The quantitative estimate of drug-likeness (QED) is 0.821. The lowest BCUT2D eigenvalue weighted by atomic mass is 10.1. The molecule has 1 aromatic carbocycles. The Morgan fingerprint density at radius 1 is 1.47 bits per heavy atom. The van der Waals surface area contributed by atoms with Crippen molar-refractivity contribution in [1.29, 1.82) is 0 Å². The van der Waals surface area contributed by atoms with Crippen LogP contribution in [0.2, 0.25) is 0 Å². The molecule has 5 heteroatoms. The third kappa shape index (κ3) is 1.83. The van der Waals surface area contributed by atoms with E-state index in [2.05, 4.69) is 5.10 Å². The van der Waals surface area contributed by atoms with Crippen molar-refractivity contribution in [2.24, 2.45) is 7.05 Å². The summed E-state index contributed by atoms with van der Waals surface area (Å²) in [5.74, 6) is 0.322. The molecule has 0 aliphatic rings. The molecule has 0 amide bonds. The van der Waals surface area contributed by atoms with E-state index in [0.29, 0.717) is 15.1 Å². The Kier molecular flexibility index (Phi) is 2.64. The molecule has 0 unspecified atom stereocenters. The number of anilines is 1. The highest BCUT2D eigenvalue weighted by Crippen LogP contribution is 2.26. The molecule has 2 aromatic rings. The van der Waals surface area contributed by atoms with Gasteiger partial charge >= 0.3 is 0 Å². The van der Waals surface area contributed by atoms with Gasteiger partial charge in [-0.05, 0) is 28.7 Å². The molecular weight excluding hydrogens is 308 g/mol. The standard InChI is InChI=1S/C10H9FIN3/c1-15-9(13)5-8(14-15)6-3-2-4-7(11)10(6)12/h2-5H,13H2,1H3. The summed E-state index contributed by atoms with van der Waals surface area (Å²) in [6.07, 6.45) is 0. The van der Waals surface area contributed by atoms with Gasteiger partial charge in [-0.15, -0.1) is 0 Å². The number of hydrogen-bond acceptors (Lipinski definition) is 2. The Hall–Kier alpha value is -1.11. The summed E-state index contributed by atoms with van der Waals surface area (Å²) in [5, 5.41) is 4.20. The van der Waals surface area contributed by atoms with Crippen LogP contribution in [0.1, 0.15) is 0 Å². The van der Waals surface area contributed by atoms with Crippen molar-refractivity contribution >= 4 is 28.4 Å². The summed E-state index contributed by atoms with van der Waals surface area (Å²) in [4.78, 5) is 0. The van der Waals surface area contributed by atoms with Crippen LogP contribution in [-0.2, 0) is 7.05 Å². The van der Waals surface area contributed by atoms with Crippen molar-refractivity contribution in [3.05, 3.63) is 33.7 Å². The summed E-state index contributed by atoms with van der Waals surface area (Å²) in [7, 11) is 1.75. The van der Waals surface area contributed by atoms with E-state index in [1.165, 1.54) is 6.07 Å². The molecular formula is C10H9FIN3. The first-order valence-electron chi connectivity index (χ1n) is 4.33. The van der Waals surface area contributed by atoms with Gasteiger partial charge in [0.2, 0.25) is 0 Å². The number of benzene rings is 1. The number of aryl methyl sites for hydroxylation is 1. The summed E-state index contributed by atoms with van der Waals surface area (Å²) >= 11 is 1.96. The van der Waals surface area contributed by atoms with E-state index in [4.69, 9.17) is 5.73 Å². The fraction of sp³-hybridized carbons (Fsp3) is 0.100. The molecule has 0 bridgehead atoms. The number of halogens is 2. The Morgan fingerprint density at radius 2 is 2.20 bits per heavy atom. The fourth-order valence-corrected chi connectivity index (χ4v) is 1.95. The molecule has 2 rings (SSSR count). The van der Waals surface area contributed by atoms with E-state index < -0.39 is 0 Å². The van der Waals surface area contributed by atoms with Gasteiger partial charge in [0.1, 0.15) is 11.6 Å². The third-order valence-corrected chi connectivity index (χ3v) is 3.24. The molecule has 0 fully saturated rings. The maximum atomic E-state index is 13.3. The van der Waals surface area contributed by atoms with Gasteiger partial charge in [0.25, 0.3) is 0 Å². The molecule has 78 valence electrons. The minimum atomic E-state index is -0.239. The van der Waals surface area contributed by atoms with Crippen LogP contribution in [0.3, 0.4) is 0 Å². The molecule has 15 heavy (non-hydrogen) atoms. The lowest BCUT2D eigenvalue weighted by molar-refractivity contribution is 0.621. The Labute approximate surface area is 100 Å². The number of aromatic nitrogens is 2. The van der Waals surface area contributed by atoms with Gasteiger partial charge in [-0.1, -0.05) is 12.1 Å². The minimum absolute atomic E-state index is 0.239. The van der Waals surface area contributed by atoms with Crippen LogP contribution in [-0.4, -0.2) is 9.78 Å². The predicted molar refractivity (Wildman–Crippen MR) is 65.7 cm³/mol. The van der Waals surface area contributed by atoms with Crippen molar-refractivity contribution in [2.75, 3.05) is 5.73 Å². The van der Waals surface area contributed by atoms with Crippen LogP contribution >= 0.6 is 22.6 Å². The van der Waals surface area contributed by atoms with E-state index >= 15 is 0 Å². The first kappa shape index (κ1) is 10.4. The maximum absolute atomic E-state index is 13.3. The van der Waals surface area contributed by atoms with Crippen molar-refractivity contribution in [2.45, 2.75) is 0 Å². The van der Waals surface area contributed by atoms with E-state index in [0.717, 1.165) is 5.56 Å². The number of rotatable bonds is 1. The van der Waals surface area contributed by atoms with Crippen LogP contribution in [0.15, 0.2) is 24.3 Å². The van der Waals surface area contributed by atoms with E-state index in [1.54, 1.807) is 23.9 Å². The van der Waals surface area contributed by atoms with Crippen molar-refractivity contribution in [1.82, 2.24) is 9.78 Å². The number of nitrogen functional groups attached to an aromatic ring is 1. The predicted octanol–water partition coefficient (Wildman–Crippen LogP) is 2.41. The van der Waals surface area contributed by atoms with Crippen LogP contribution in [0.4, 0.5) is 10.2 Å². The normalized spacial score (nSPS) is 10.6. The zero-order valence-electron chi connectivity index (χ0n) is 8.04. The number of nitrogens with two attached hydrogens (primary N) is 1. The first-order chi connectivity index (χ1) is 7.09. The zero-order valence-corrected chi connectivity index (χ0v) is 10.2. The van der Waals surface area contributed by atoms with Gasteiger partial charge in [-0.25, -0.2) is 4.39 Å². The minimum Gasteiger partial charge on any atom is -0.384 e. The van der Waals surface area contributed by atoms with Gasteiger partial charge in [0.05, 0.1) is 9.26 Å². The molecule has 0 atom stereocenters. The second kappa shape index (κ2) is 3.80. The Bertz CT molecular complexity index is 488. The maximum Gasteiger partial charge on any atom is 0.137 e. The zero-order chi connectivity index (χ0) is 11.0. The lowest BCUT2D eigenvalue weighted by Crippen LogP contribution is -1.96. The van der Waals surface area contributed by atoms with Gasteiger partial charge in [0, 0.05) is 18.7 Å². The van der Waals surface area contributed by atoms with E-state index in [1.807, 2.05) is 28.7 Å². The molecule has 0 saturated heterocycles. The molecule has 0 aliphatic carbocycles. The Morgan fingerprint density at radius 3 is 2.80 bits per heavy atom. The van der Waals surface area contributed by atoms with E-state index in [9.17, 15) is 4.39 Å². The monoisotopic (exact) mass is 317 g/mol. The smallest absolute Gasteiger partial charge is 0.137 e. The molecule has 1 heterocycles. The average Bonchev–Trinajstić information content (AvgIpc) is 2.51. The van der Waals surface area contributed by atoms with Crippen molar-refractivity contribution < 1.29 is 4.39 Å². The molecule has 1 aromatic heterocycles. The van der Waals surface area contributed by atoms with Crippen LogP contribution in [0, 0.1) is 9.39 Å². The highest BCUT2D eigenvalue weighted by atomic mass is 127. The highest BCUT2D eigenvalue weighted by Gasteiger charge is 2.10. The van der Waals surface area contributed by atoms with Gasteiger partial charge in [0.15, 0.2) is 0 Å². The van der Waals surface area contributed by atoms with Crippen LogP contribution in [0.5, 0.6) is 0 Å². The van der Waals surface area contributed by atoms with E-state index in [-0.39, 0.29) is 5.82 Å². The van der Waals surface area contributed by atoms with Gasteiger partial charge in [-0.2, -0.15) is 5.10 Å². The topological polar surface area (TPSA) is 43.8 Å². The summed E-state index contributed by atoms with van der Waals surface area (Å²) in [6, 6.07) is 6.65. The summed E-state index contributed by atoms with van der Waals surface area (Å²) < 4.78 is 15.4. The summed E-state index contributed by atoms with van der Waals surface area (Å²) in [6.45, 7) is 0. The SMILES string of the molecule is Cn1nc(-c2cccc(F)c2I)cc1N. The Balaban J connectivity index is 2.59. The molecule has 0 aliphatic heterocycles. The molecule has 3 nitrogen and oxygen atoms in total. The average molecular weight is 317 g/mol. The highest BCUT2D eigenvalue weighted by molar-refractivity contribution is 14.1. The second-order valence-corrected chi connectivity index (χ2v) is 4.26. The third-order valence-electron chi connectivity index (χ3n) is 2.14. The first-order valence-corrected chi connectivity index (χ1v) is 5.41. The molecule has 0 radical (unpaired) electrons. The molecule has 0 spiro atoms. The second-order valence-electron chi connectivity index (χ2n) is 3.18. The van der Waals surface area contributed by atoms with Crippen molar-refractivity contribution in [3.8, 4) is 11.3 Å². The van der Waals surface area contributed by atoms with Gasteiger partial charge in [-0.3, -0.25) is 4.68 Å².